The minimum atomic E-state index is -1.20. The predicted molar refractivity (Wildman–Crippen MR) is 117 cm³/mol. The number of aryl methyl sites for hydroxylation is 2. The van der Waals surface area contributed by atoms with E-state index in [9.17, 15) is 9.18 Å². The van der Waals surface area contributed by atoms with Crippen molar-refractivity contribution in [3.63, 3.8) is 0 Å². The van der Waals surface area contributed by atoms with E-state index in [0.29, 0.717) is 17.9 Å². The molecule has 2 aromatic rings. The van der Waals surface area contributed by atoms with Crippen molar-refractivity contribution in [1.29, 1.82) is 0 Å². The quantitative estimate of drug-likeness (QED) is 0.274. The molecule has 1 aromatic carbocycles. The lowest BCUT2D eigenvalue weighted by atomic mass is 9.86. The number of allylic oxidation sites excluding steroid dienone is 1. The van der Waals surface area contributed by atoms with Crippen LogP contribution in [0.3, 0.4) is 0 Å². The molecule has 2 rings (SSSR count). The fraction of sp³-hybridized carbons (Fsp3) is 0.435. The van der Waals surface area contributed by atoms with Crippen LogP contribution >= 0.6 is 0 Å². The lowest BCUT2D eigenvalue weighted by Crippen LogP contribution is -2.13. The summed E-state index contributed by atoms with van der Waals surface area (Å²) in [5.74, 6) is -0.520. The maximum atomic E-state index is 12.5. The highest BCUT2D eigenvalue weighted by molar-refractivity contribution is 6.18. The Kier molecular flexibility index (Phi) is 7.92. The van der Waals surface area contributed by atoms with Gasteiger partial charge in [-0.3, -0.25) is 9.67 Å². The minimum absolute atomic E-state index is 0.0269. The summed E-state index contributed by atoms with van der Waals surface area (Å²) in [6.45, 7) is 9.34. The van der Waals surface area contributed by atoms with Crippen LogP contribution in [-0.2, 0) is 26.2 Å². The van der Waals surface area contributed by atoms with Gasteiger partial charge in [0.05, 0.1) is 5.69 Å². The Morgan fingerprint density at radius 1 is 1.23 bits per heavy atom. The van der Waals surface area contributed by atoms with Crippen LogP contribution < -0.4 is 0 Å². The van der Waals surface area contributed by atoms with Gasteiger partial charge in [0.15, 0.2) is 12.4 Å². The van der Waals surface area contributed by atoms with Crippen molar-refractivity contribution >= 4 is 23.5 Å². The molecule has 0 aliphatic heterocycles. The number of hydrogen-bond donors (Lipinski definition) is 0. The Morgan fingerprint density at radius 2 is 1.90 bits per heavy atom. The molecule has 0 spiro atoms. The summed E-state index contributed by atoms with van der Waals surface area (Å²) in [5.41, 5.74) is 4.38. The first-order chi connectivity index (χ1) is 14.2. The maximum absolute atomic E-state index is 12.5. The van der Waals surface area contributed by atoms with Gasteiger partial charge in [0.2, 0.25) is 6.79 Å². The summed E-state index contributed by atoms with van der Waals surface area (Å²) in [4.78, 5) is 15.4. The molecule has 0 aliphatic rings. The van der Waals surface area contributed by atoms with Gasteiger partial charge in [-0.1, -0.05) is 45.0 Å². The van der Waals surface area contributed by atoms with E-state index in [1.807, 2.05) is 32.0 Å². The van der Waals surface area contributed by atoms with Gasteiger partial charge in [0.25, 0.3) is 0 Å². The molecule has 7 heteroatoms. The largest absolute Gasteiger partial charge is 0.454 e. The average Bonchev–Trinajstić information content (AvgIpc) is 3.09. The van der Waals surface area contributed by atoms with Crippen LogP contribution in [0.4, 0.5) is 4.39 Å². The number of halogens is 1. The van der Waals surface area contributed by atoms with E-state index in [-0.39, 0.29) is 5.41 Å². The SMILES string of the molecule is CCn1nc(C)cc1/C(OCOC(=O)CF)=C(\C=NC)c1ccc(C(C)(C)C)cc1. The van der Waals surface area contributed by atoms with Crippen LogP contribution in [0.5, 0.6) is 0 Å². The molecule has 0 fully saturated rings. The van der Waals surface area contributed by atoms with Gasteiger partial charge in [0.1, 0.15) is 5.69 Å². The second kappa shape index (κ2) is 10.2. The Labute approximate surface area is 177 Å². The smallest absolute Gasteiger partial charge is 0.340 e. The monoisotopic (exact) mass is 415 g/mol. The highest BCUT2D eigenvalue weighted by atomic mass is 19.1. The van der Waals surface area contributed by atoms with Gasteiger partial charge >= 0.3 is 5.97 Å². The number of ether oxygens (including phenoxy) is 2. The van der Waals surface area contributed by atoms with E-state index >= 15 is 0 Å². The predicted octanol–water partition coefficient (Wildman–Crippen LogP) is 4.56. The van der Waals surface area contributed by atoms with E-state index in [0.717, 1.165) is 17.0 Å². The minimum Gasteiger partial charge on any atom is -0.454 e. The average molecular weight is 416 g/mol. The molecular formula is C23H30FN3O3. The maximum Gasteiger partial charge on any atom is 0.340 e. The molecule has 0 N–H and O–H groups in total. The van der Waals surface area contributed by atoms with Crippen LogP contribution in [0, 0.1) is 6.92 Å². The highest BCUT2D eigenvalue weighted by Gasteiger charge is 2.19. The van der Waals surface area contributed by atoms with Gasteiger partial charge in [-0.15, -0.1) is 0 Å². The van der Waals surface area contributed by atoms with Crippen LogP contribution in [-0.4, -0.2) is 42.5 Å². The van der Waals surface area contributed by atoms with Gasteiger partial charge in [-0.05, 0) is 36.5 Å². The van der Waals surface area contributed by atoms with Gasteiger partial charge < -0.3 is 9.47 Å². The summed E-state index contributed by atoms with van der Waals surface area (Å²) in [5, 5.41) is 4.48. The van der Waals surface area contributed by atoms with Crippen molar-refractivity contribution in [3.05, 3.63) is 52.8 Å². The first kappa shape index (κ1) is 23.3. The Hall–Kier alpha value is -2.96. The number of esters is 1. The summed E-state index contributed by atoms with van der Waals surface area (Å²) in [7, 11) is 1.67. The molecule has 1 heterocycles. The number of carbonyl (C=O) groups is 1. The summed E-state index contributed by atoms with van der Waals surface area (Å²) < 4.78 is 24.9. The highest BCUT2D eigenvalue weighted by Crippen LogP contribution is 2.29. The van der Waals surface area contributed by atoms with Gasteiger partial charge in [-0.25, -0.2) is 9.18 Å². The molecule has 1 aromatic heterocycles. The molecule has 0 saturated heterocycles. The Morgan fingerprint density at radius 3 is 2.43 bits per heavy atom. The van der Waals surface area contributed by atoms with E-state index in [1.54, 1.807) is 17.9 Å². The zero-order chi connectivity index (χ0) is 22.3. The van der Waals surface area contributed by atoms with Crippen molar-refractivity contribution in [2.45, 2.75) is 46.6 Å². The summed E-state index contributed by atoms with van der Waals surface area (Å²) >= 11 is 0. The molecule has 0 saturated carbocycles. The topological polar surface area (TPSA) is 65.7 Å². The number of alkyl halides is 1. The third-order valence-electron chi connectivity index (χ3n) is 4.53. The molecule has 0 atom stereocenters. The molecule has 0 unspecified atom stereocenters. The second-order valence-electron chi connectivity index (χ2n) is 7.86. The fourth-order valence-corrected chi connectivity index (χ4v) is 2.99. The lowest BCUT2D eigenvalue weighted by Gasteiger charge is -2.20. The zero-order valence-corrected chi connectivity index (χ0v) is 18.5. The van der Waals surface area contributed by atoms with E-state index in [4.69, 9.17) is 9.47 Å². The Balaban J connectivity index is 2.59. The summed E-state index contributed by atoms with van der Waals surface area (Å²) in [6, 6.07) is 10.1. The van der Waals surface area contributed by atoms with E-state index in [1.165, 1.54) is 5.56 Å². The van der Waals surface area contributed by atoms with Crippen molar-refractivity contribution in [2.24, 2.45) is 4.99 Å². The van der Waals surface area contributed by atoms with E-state index < -0.39 is 19.4 Å². The molecule has 0 aliphatic carbocycles. The number of nitrogens with zero attached hydrogens (tertiary/aromatic N) is 3. The first-order valence-corrected chi connectivity index (χ1v) is 9.87. The van der Waals surface area contributed by atoms with Crippen LogP contribution in [0.25, 0.3) is 11.3 Å². The lowest BCUT2D eigenvalue weighted by molar-refractivity contribution is -0.152. The molecule has 30 heavy (non-hydrogen) atoms. The normalized spacial score (nSPS) is 12.8. The van der Waals surface area contributed by atoms with Gasteiger partial charge in [0, 0.05) is 25.4 Å². The third kappa shape index (κ3) is 5.78. The number of benzene rings is 1. The molecule has 0 bridgehead atoms. The van der Waals surface area contributed by atoms with Crippen molar-refractivity contribution in [1.82, 2.24) is 9.78 Å². The van der Waals surface area contributed by atoms with Crippen molar-refractivity contribution in [2.75, 3.05) is 20.5 Å². The number of aliphatic imine (C=N–C) groups is 1. The van der Waals surface area contributed by atoms with E-state index in [2.05, 4.69) is 43.0 Å². The fourth-order valence-electron chi connectivity index (χ4n) is 2.99. The van der Waals surface area contributed by atoms with Crippen molar-refractivity contribution < 1.29 is 18.7 Å². The molecule has 162 valence electrons. The molecule has 6 nitrogen and oxygen atoms in total. The number of hydrogen-bond acceptors (Lipinski definition) is 5. The molecular weight excluding hydrogens is 385 g/mol. The summed E-state index contributed by atoms with van der Waals surface area (Å²) in [6.07, 6.45) is 1.70. The van der Waals surface area contributed by atoms with Crippen LogP contribution in [0.2, 0.25) is 0 Å². The van der Waals surface area contributed by atoms with Gasteiger partial charge in [-0.2, -0.15) is 5.10 Å². The van der Waals surface area contributed by atoms with Crippen LogP contribution in [0.15, 0.2) is 35.3 Å². The standard InChI is InChI=1S/C23H30FN3O3/c1-7-27-20(12-16(2)26-27)22(30-15-29-21(28)13-24)19(14-25-6)17-8-10-18(11-9-17)23(3,4)5/h8-12,14H,7,13,15H2,1-6H3/b22-19-,25-14?. The third-order valence-corrected chi connectivity index (χ3v) is 4.53. The number of carbonyl (C=O) groups excluding carboxylic acids is 1. The van der Waals surface area contributed by atoms with Crippen LogP contribution in [0.1, 0.15) is 50.2 Å². The number of rotatable bonds is 8. The van der Waals surface area contributed by atoms with Crippen molar-refractivity contribution in [3.8, 4) is 0 Å². The number of aromatic nitrogens is 2. The first-order valence-electron chi connectivity index (χ1n) is 9.87. The molecule has 0 amide bonds. The zero-order valence-electron chi connectivity index (χ0n) is 18.5. The second-order valence-corrected chi connectivity index (χ2v) is 7.86. The Bertz CT molecular complexity index is 922. The molecule has 0 radical (unpaired) electrons.